The van der Waals surface area contributed by atoms with Gasteiger partial charge in [0.2, 0.25) is 11.4 Å². The zero-order chi connectivity index (χ0) is 35.7. The maximum Gasteiger partial charge on any atom is 2.00 e. The summed E-state index contributed by atoms with van der Waals surface area (Å²) in [5, 5.41) is 7.00. The van der Waals surface area contributed by atoms with E-state index in [1.165, 1.54) is 95.9 Å². The first-order valence-corrected chi connectivity index (χ1v) is 19.5. The third-order valence-electron chi connectivity index (χ3n) is 8.85. The van der Waals surface area contributed by atoms with Crippen LogP contribution >= 0.6 is 0 Å². The molecule has 0 fully saturated rings. The number of rotatable bonds is 20. The van der Waals surface area contributed by atoms with Crippen molar-refractivity contribution in [3.05, 3.63) is 97.1 Å². The molecule has 0 amide bonds. The summed E-state index contributed by atoms with van der Waals surface area (Å²) in [7, 11) is 7.00. The minimum atomic E-state index is 0. The second-order valence-corrected chi connectivity index (χ2v) is 13.6. The maximum atomic E-state index is 12.3. The Morgan fingerprint density at radius 1 is 0.429 bits per heavy atom. The van der Waals surface area contributed by atoms with E-state index in [2.05, 4.69) is 88.6 Å². The topological polar surface area (TPSA) is 53.5 Å². The van der Waals surface area contributed by atoms with E-state index in [0.717, 1.165) is 75.6 Å². The van der Waals surface area contributed by atoms with Gasteiger partial charge in [-0.1, -0.05) is 92.2 Å². The van der Waals surface area contributed by atoms with Gasteiger partial charge in [0.15, 0.2) is 0 Å². The molecule has 0 aromatic heterocycles. The molecule has 1 aliphatic heterocycles. The van der Waals surface area contributed by atoms with E-state index < -0.39 is 0 Å². The number of benzene rings is 2. The van der Waals surface area contributed by atoms with Gasteiger partial charge in [0.25, 0.3) is 0 Å². The smallest absolute Gasteiger partial charge is 0.668 e. The molecule has 49 heavy (non-hydrogen) atoms. The summed E-state index contributed by atoms with van der Waals surface area (Å²) >= 11 is 0. The van der Waals surface area contributed by atoms with Gasteiger partial charge in [-0.05, 0) is 124 Å². The van der Waals surface area contributed by atoms with Crippen molar-refractivity contribution >= 4 is 11.4 Å². The van der Waals surface area contributed by atoms with Crippen LogP contribution in [0, 0.1) is 0 Å². The molecule has 5 heteroatoms. The van der Waals surface area contributed by atoms with E-state index in [1.807, 2.05) is 0 Å². The molecule has 2 aromatic rings. The van der Waals surface area contributed by atoms with E-state index in [-0.39, 0.29) is 16.5 Å². The van der Waals surface area contributed by atoms with Crippen LogP contribution in [-0.4, -0.2) is 32.9 Å². The van der Waals surface area contributed by atoms with Gasteiger partial charge in [-0.15, -0.1) is 0 Å². The predicted octanol–water partition coefficient (Wildman–Crippen LogP) is 13.8. The third-order valence-corrected chi connectivity index (χ3v) is 8.85. The molecule has 1 aliphatic rings. The molecule has 4 nitrogen and oxygen atoms in total. The fourth-order valence-electron chi connectivity index (χ4n) is 6.39. The van der Waals surface area contributed by atoms with Gasteiger partial charge in [-0.3, -0.25) is 0 Å². The first-order chi connectivity index (χ1) is 23.3. The van der Waals surface area contributed by atoms with E-state index in [0.29, 0.717) is 0 Å². The van der Waals surface area contributed by atoms with Crippen molar-refractivity contribution in [3.63, 3.8) is 0 Å². The Morgan fingerprint density at radius 2 is 0.653 bits per heavy atom. The van der Waals surface area contributed by atoms with Crippen molar-refractivity contribution in [2.45, 2.75) is 157 Å². The van der Waals surface area contributed by atoms with Gasteiger partial charge in [0.05, 0.1) is 0 Å². The van der Waals surface area contributed by atoms with Crippen LogP contribution in [0.25, 0.3) is 27.6 Å². The summed E-state index contributed by atoms with van der Waals surface area (Å²) in [5.41, 5.74) is 25.2. The average Bonchev–Trinajstić information content (AvgIpc) is 3.36. The van der Waals surface area contributed by atoms with Crippen LogP contribution in [0.15, 0.2) is 47.5 Å². The zero-order valence-corrected chi connectivity index (χ0v) is 34.3. The number of hydrogen-bond acceptors (Lipinski definition) is 0. The molecule has 0 N–H and O–H groups in total. The van der Waals surface area contributed by atoms with Gasteiger partial charge >= 0.3 is 16.5 Å². The van der Waals surface area contributed by atoms with Gasteiger partial charge in [0, 0.05) is 22.3 Å². The Hall–Kier alpha value is -2.07. The molecule has 2 aromatic carbocycles. The Bertz CT molecular complexity index is 1110. The third kappa shape index (κ3) is 16.2. The quantitative estimate of drug-likeness (QED) is 0.0968. The molecule has 0 atom stereocenters. The number of hydrogen-bond donors (Lipinski definition) is 0. The summed E-state index contributed by atoms with van der Waals surface area (Å²) in [6, 6.07) is 14.4. The zero-order valence-electron chi connectivity index (χ0n) is 33.3. The fraction of sp³-hybridized carbons (Fsp3) is 0.636. The van der Waals surface area contributed by atoms with E-state index in [4.69, 9.17) is 0 Å². The van der Waals surface area contributed by atoms with Gasteiger partial charge in [-0.2, -0.15) is 28.2 Å². The van der Waals surface area contributed by atoms with Crippen LogP contribution in [0.1, 0.15) is 165 Å². The number of unbranched alkanes of at least 4 members (excludes halogenated alkanes) is 6. The van der Waals surface area contributed by atoms with Crippen molar-refractivity contribution in [2.75, 3.05) is 28.2 Å². The number of nitrogens with zero attached hydrogens (tertiary/aromatic N) is 4. The van der Waals surface area contributed by atoms with Crippen LogP contribution in [0.5, 0.6) is 0 Å². The fourth-order valence-corrected chi connectivity index (χ4v) is 6.39. The summed E-state index contributed by atoms with van der Waals surface area (Å²) in [5.74, 6) is 0. The molecule has 0 radical (unpaired) electrons. The molecule has 0 unspecified atom stereocenters. The largest absolute Gasteiger partial charge is 2.00 e. The molecule has 3 rings (SSSR count). The molecular weight excluding hydrogens is 643 g/mol. The Kier molecular flexibility index (Phi) is 27.4. The van der Waals surface area contributed by atoms with Crippen LogP contribution < -0.4 is 0 Å². The van der Waals surface area contributed by atoms with Crippen molar-refractivity contribution < 1.29 is 21.2 Å². The predicted molar refractivity (Wildman–Crippen MR) is 214 cm³/mol. The summed E-state index contributed by atoms with van der Waals surface area (Å²) < 4.78 is 1.63. The molecule has 278 valence electrons. The molecule has 1 heterocycles. The maximum absolute atomic E-state index is 12.3. The molecule has 0 saturated heterocycles. The Morgan fingerprint density at radius 3 is 0.878 bits per heavy atom. The van der Waals surface area contributed by atoms with Crippen LogP contribution in [0.4, 0.5) is 0 Å². The van der Waals surface area contributed by atoms with Crippen LogP contribution in [0.3, 0.4) is 0 Å². The molecular formula is C44H72N4Ni. The first kappa shape index (κ1) is 46.9. The molecule has 0 spiro atoms. The van der Waals surface area contributed by atoms with Crippen molar-refractivity contribution in [2.24, 2.45) is 0 Å². The summed E-state index contributed by atoms with van der Waals surface area (Å²) in [6.07, 6.45) is 20.7. The molecule has 0 saturated carbocycles. The average molecular weight is 716 g/mol. The normalized spacial score (nSPS) is 12.4. The molecule has 0 bridgehead atoms. The van der Waals surface area contributed by atoms with Crippen molar-refractivity contribution in [1.29, 1.82) is 0 Å². The van der Waals surface area contributed by atoms with Gasteiger partial charge < -0.3 is 16.2 Å². The summed E-state index contributed by atoms with van der Waals surface area (Å²) in [6.45, 7) is 13.7. The van der Waals surface area contributed by atoms with Crippen molar-refractivity contribution in [3.8, 4) is 0 Å². The monoisotopic (exact) mass is 715 g/mol. The second-order valence-electron chi connectivity index (χ2n) is 13.6. The molecule has 0 aliphatic carbocycles. The Labute approximate surface area is 313 Å². The number of aryl methyl sites for hydroxylation is 4. The van der Waals surface area contributed by atoms with Crippen LogP contribution in [0.2, 0.25) is 0 Å². The SMILES string of the molecule is CCCCC1=C(c2cc(CCCC)cc(CCCC)c2)[N+](=[N-])C(c2cc(CCCC)cc(CCCC)c2)=C1CCCC.C[N-]C.C[N-]C.[Ni+2]. The minimum Gasteiger partial charge on any atom is -0.668 e. The number of allylic oxidation sites excluding steroid dienone is 2. The van der Waals surface area contributed by atoms with Crippen molar-refractivity contribution in [1.82, 2.24) is 0 Å². The standard InChI is InChI=1S/C40H60N2.2C2H6N.Ni/c1-7-13-19-31-25-32(20-14-8-2)28-35(27-31)39-37(23-17-11-5)38(24-18-12-6)40(42(39)41)36-29-33(21-15-9-3)26-34(30-36)22-16-10-4;2*1-3-2;/h25-30H,7-24H2,1-6H3;2*1-2H3;/q;2*-1;+2. The van der Waals surface area contributed by atoms with Gasteiger partial charge in [0.1, 0.15) is 0 Å². The Balaban J connectivity index is 0.00000306. The van der Waals surface area contributed by atoms with Gasteiger partial charge in [-0.25, -0.2) is 4.70 Å². The second kappa shape index (κ2) is 28.6. The van der Waals surface area contributed by atoms with Crippen LogP contribution in [-0.2, 0) is 42.2 Å². The minimum absolute atomic E-state index is 0. The van der Waals surface area contributed by atoms with E-state index in [9.17, 15) is 5.53 Å². The van der Waals surface area contributed by atoms with E-state index in [1.54, 1.807) is 32.9 Å². The summed E-state index contributed by atoms with van der Waals surface area (Å²) in [4.78, 5) is 0. The van der Waals surface area contributed by atoms with E-state index >= 15 is 0 Å². The first-order valence-electron chi connectivity index (χ1n) is 19.5.